The van der Waals surface area contributed by atoms with Crippen LogP contribution in [0.4, 0.5) is 0 Å². The van der Waals surface area contributed by atoms with Gasteiger partial charge in [-0.1, -0.05) is 12.1 Å². The number of carbonyl (C=O) groups is 1. The Morgan fingerprint density at radius 1 is 1.45 bits per heavy atom. The van der Waals surface area contributed by atoms with Gasteiger partial charge in [-0.25, -0.2) is 0 Å². The molecule has 20 heavy (non-hydrogen) atoms. The normalized spacial score (nSPS) is 16.6. The van der Waals surface area contributed by atoms with Crippen LogP contribution in [-0.2, 0) is 6.42 Å². The maximum absolute atomic E-state index is 12.5. The van der Waals surface area contributed by atoms with E-state index in [1.165, 1.54) is 0 Å². The lowest BCUT2D eigenvalue weighted by Gasteiger charge is -2.35. The molecular formula is C16H21N3O. The fourth-order valence-corrected chi connectivity index (χ4v) is 2.66. The lowest BCUT2D eigenvalue weighted by Crippen LogP contribution is -2.44. The van der Waals surface area contributed by atoms with Crippen molar-refractivity contribution in [2.75, 3.05) is 27.2 Å². The zero-order valence-corrected chi connectivity index (χ0v) is 12.2. The van der Waals surface area contributed by atoms with Gasteiger partial charge in [-0.15, -0.1) is 0 Å². The summed E-state index contributed by atoms with van der Waals surface area (Å²) in [5.74, 6) is 0.0549. The van der Waals surface area contributed by atoms with Crippen molar-refractivity contribution in [3.8, 4) is 6.07 Å². The highest BCUT2D eigenvalue weighted by molar-refractivity contribution is 5.94. The van der Waals surface area contributed by atoms with Crippen LogP contribution in [0.1, 0.15) is 28.8 Å². The molecule has 1 aliphatic rings. The number of rotatable bonds is 3. The third-order valence-electron chi connectivity index (χ3n) is 4.01. The fraction of sp³-hybridized carbons (Fsp3) is 0.500. The van der Waals surface area contributed by atoms with Gasteiger partial charge in [0.05, 0.1) is 12.5 Å². The number of benzene rings is 1. The Hall–Kier alpha value is -1.86. The molecule has 0 atom stereocenters. The standard InChI is InChI=1S/C16H21N3O/c1-18-10-7-15(8-11-18)19(2)16(20)14-5-3-4-13(12-14)6-9-17/h3-5,12,15H,6-8,10-11H2,1-2H3. The van der Waals surface area contributed by atoms with Crippen molar-refractivity contribution < 1.29 is 4.79 Å². The highest BCUT2D eigenvalue weighted by atomic mass is 16.2. The van der Waals surface area contributed by atoms with E-state index in [1.54, 1.807) is 0 Å². The van der Waals surface area contributed by atoms with Gasteiger partial charge in [0.25, 0.3) is 5.91 Å². The van der Waals surface area contributed by atoms with E-state index in [0.717, 1.165) is 31.5 Å². The summed E-state index contributed by atoms with van der Waals surface area (Å²) in [6, 6.07) is 9.83. The lowest BCUT2D eigenvalue weighted by atomic mass is 10.0. The molecule has 106 valence electrons. The van der Waals surface area contributed by atoms with Gasteiger partial charge >= 0.3 is 0 Å². The number of nitrogens with zero attached hydrogens (tertiary/aromatic N) is 3. The molecule has 1 heterocycles. The Kier molecular flexibility index (Phi) is 4.75. The SMILES string of the molecule is CN1CCC(N(C)C(=O)c2cccc(CC#N)c2)CC1. The second-order valence-electron chi connectivity index (χ2n) is 5.49. The quantitative estimate of drug-likeness (QED) is 0.844. The summed E-state index contributed by atoms with van der Waals surface area (Å²) in [6.45, 7) is 2.08. The fourth-order valence-electron chi connectivity index (χ4n) is 2.66. The van der Waals surface area contributed by atoms with Gasteiger partial charge in [-0.3, -0.25) is 4.79 Å². The third kappa shape index (κ3) is 3.37. The minimum absolute atomic E-state index is 0.0549. The molecule has 1 aromatic rings. The number of hydrogen-bond acceptors (Lipinski definition) is 3. The molecule has 0 bridgehead atoms. The minimum Gasteiger partial charge on any atom is -0.339 e. The Labute approximate surface area is 120 Å². The average molecular weight is 271 g/mol. The maximum Gasteiger partial charge on any atom is 0.253 e. The zero-order chi connectivity index (χ0) is 14.5. The van der Waals surface area contributed by atoms with Crippen LogP contribution in [0, 0.1) is 11.3 Å². The summed E-state index contributed by atoms with van der Waals surface area (Å²) in [6.07, 6.45) is 2.40. The summed E-state index contributed by atoms with van der Waals surface area (Å²) in [4.78, 5) is 16.7. The molecule has 0 aliphatic carbocycles. The van der Waals surface area contributed by atoms with Crippen LogP contribution in [0.3, 0.4) is 0 Å². The van der Waals surface area contributed by atoms with E-state index in [4.69, 9.17) is 5.26 Å². The summed E-state index contributed by atoms with van der Waals surface area (Å²) in [5, 5.41) is 8.74. The first-order valence-corrected chi connectivity index (χ1v) is 7.03. The second kappa shape index (κ2) is 6.53. The first-order valence-electron chi connectivity index (χ1n) is 7.03. The molecule has 0 spiro atoms. The zero-order valence-electron chi connectivity index (χ0n) is 12.2. The number of piperidine rings is 1. The molecule has 1 fully saturated rings. The molecule has 0 aromatic heterocycles. The first kappa shape index (κ1) is 14.5. The molecule has 1 aliphatic heterocycles. The second-order valence-corrected chi connectivity index (χ2v) is 5.49. The first-order chi connectivity index (χ1) is 9.61. The Morgan fingerprint density at radius 3 is 2.80 bits per heavy atom. The van der Waals surface area contributed by atoms with E-state index in [1.807, 2.05) is 36.2 Å². The Bertz CT molecular complexity index is 513. The topological polar surface area (TPSA) is 47.3 Å². The number of carbonyl (C=O) groups excluding carboxylic acids is 1. The number of hydrogen-bond donors (Lipinski definition) is 0. The van der Waals surface area contributed by atoms with Crippen LogP contribution in [0.2, 0.25) is 0 Å². The number of nitriles is 1. The van der Waals surface area contributed by atoms with E-state index >= 15 is 0 Å². The van der Waals surface area contributed by atoms with Gasteiger partial charge < -0.3 is 9.80 Å². The van der Waals surface area contributed by atoms with Gasteiger partial charge in [0.15, 0.2) is 0 Å². The molecule has 0 N–H and O–H groups in total. The minimum atomic E-state index is 0.0549. The van der Waals surface area contributed by atoms with Crippen molar-refractivity contribution in [1.29, 1.82) is 5.26 Å². The van der Waals surface area contributed by atoms with Crippen LogP contribution in [-0.4, -0.2) is 48.9 Å². The van der Waals surface area contributed by atoms with Gasteiger partial charge in [-0.2, -0.15) is 5.26 Å². The lowest BCUT2D eigenvalue weighted by molar-refractivity contribution is 0.0659. The van der Waals surface area contributed by atoms with Gasteiger partial charge in [0, 0.05) is 18.7 Å². The Morgan fingerprint density at radius 2 is 2.15 bits per heavy atom. The largest absolute Gasteiger partial charge is 0.339 e. The van der Waals surface area contributed by atoms with Crippen molar-refractivity contribution in [1.82, 2.24) is 9.80 Å². The van der Waals surface area contributed by atoms with Crippen molar-refractivity contribution in [2.45, 2.75) is 25.3 Å². The highest BCUT2D eigenvalue weighted by Crippen LogP contribution is 2.17. The van der Waals surface area contributed by atoms with Crippen LogP contribution in [0.5, 0.6) is 0 Å². The summed E-state index contributed by atoms with van der Waals surface area (Å²) in [5.41, 5.74) is 1.58. The molecule has 4 heteroatoms. The Balaban J connectivity index is 2.06. The molecule has 0 saturated carbocycles. The van der Waals surface area contributed by atoms with Crippen molar-refractivity contribution in [3.05, 3.63) is 35.4 Å². The molecule has 1 aromatic carbocycles. The molecule has 2 rings (SSSR count). The predicted molar refractivity (Wildman–Crippen MR) is 78.4 cm³/mol. The number of amides is 1. The molecular weight excluding hydrogens is 250 g/mol. The third-order valence-corrected chi connectivity index (χ3v) is 4.01. The molecule has 4 nitrogen and oxygen atoms in total. The monoisotopic (exact) mass is 271 g/mol. The average Bonchev–Trinajstić information content (AvgIpc) is 2.47. The molecule has 1 amide bonds. The van der Waals surface area contributed by atoms with E-state index in [2.05, 4.69) is 18.0 Å². The predicted octanol–water partition coefficient (Wildman–Crippen LogP) is 1.92. The smallest absolute Gasteiger partial charge is 0.253 e. The van der Waals surface area contributed by atoms with Gasteiger partial charge in [-0.05, 0) is 50.7 Å². The van der Waals surface area contributed by atoms with E-state index in [-0.39, 0.29) is 5.91 Å². The molecule has 0 unspecified atom stereocenters. The van der Waals surface area contributed by atoms with E-state index in [9.17, 15) is 4.79 Å². The van der Waals surface area contributed by atoms with Crippen molar-refractivity contribution in [3.63, 3.8) is 0 Å². The van der Waals surface area contributed by atoms with Crippen LogP contribution >= 0.6 is 0 Å². The van der Waals surface area contributed by atoms with Crippen LogP contribution in [0.15, 0.2) is 24.3 Å². The van der Waals surface area contributed by atoms with Crippen LogP contribution < -0.4 is 0 Å². The highest BCUT2D eigenvalue weighted by Gasteiger charge is 2.24. The maximum atomic E-state index is 12.5. The van der Waals surface area contributed by atoms with E-state index in [0.29, 0.717) is 18.0 Å². The molecule has 1 saturated heterocycles. The number of likely N-dealkylation sites (tertiary alicyclic amines) is 1. The summed E-state index contributed by atoms with van der Waals surface area (Å²) < 4.78 is 0. The van der Waals surface area contributed by atoms with Crippen LogP contribution in [0.25, 0.3) is 0 Å². The molecule has 0 radical (unpaired) electrons. The van der Waals surface area contributed by atoms with E-state index < -0.39 is 0 Å². The van der Waals surface area contributed by atoms with Gasteiger partial charge in [0.2, 0.25) is 0 Å². The summed E-state index contributed by atoms with van der Waals surface area (Å²) >= 11 is 0. The van der Waals surface area contributed by atoms with Gasteiger partial charge in [0.1, 0.15) is 0 Å². The van der Waals surface area contributed by atoms with Crippen molar-refractivity contribution >= 4 is 5.91 Å². The van der Waals surface area contributed by atoms with Crippen molar-refractivity contribution in [2.24, 2.45) is 0 Å². The summed E-state index contributed by atoms with van der Waals surface area (Å²) in [7, 11) is 4.00.